The number of fused-ring (bicyclic) bond motifs is 9. The molecular formula is C52H27F12N3. The normalized spacial score (nSPS) is 13.1. The van der Waals surface area contributed by atoms with Crippen molar-refractivity contribution in [1.82, 2.24) is 14.1 Å². The number of halogens is 12. The fraction of sp³-hybridized carbons (Fsp3) is 0.0769. The van der Waals surface area contributed by atoms with Crippen molar-refractivity contribution < 1.29 is 52.7 Å². The van der Waals surface area contributed by atoms with Gasteiger partial charge in [0, 0.05) is 43.4 Å². The lowest BCUT2D eigenvalue weighted by molar-refractivity contribution is -0.138. The van der Waals surface area contributed by atoms with Crippen LogP contribution in [0, 0.1) is 0 Å². The fourth-order valence-electron chi connectivity index (χ4n) is 9.35. The molecule has 15 heteroatoms. The molecule has 0 bridgehead atoms. The molecule has 0 aliphatic carbocycles. The van der Waals surface area contributed by atoms with Crippen molar-refractivity contribution in [2.45, 2.75) is 24.7 Å². The van der Waals surface area contributed by atoms with Crippen LogP contribution in [-0.2, 0) is 24.7 Å². The molecule has 11 rings (SSSR count). The Balaban J connectivity index is 1.06. The third-order valence-electron chi connectivity index (χ3n) is 12.4. The molecule has 8 aromatic carbocycles. The lowest BCUT2D eigenvalue weighted by Gasteiger charge is -2.16. The minimum atomic E-state index is -4.76. The molecule has 0 saturated carbocycles. The van der Waals surface area contributed by atoms with Gasteiger partial charge < -0.3 is 14.1 Å². The van der Waals surface area contributed by atoms with E-state index in [1.165, 1.54) is 57.7 Å². The van der Waals surface area contributed by atoms with Gasteiger partial charge in [-0.05, 0) is 131 Å². The van der Waals surface area contributed by atoms with E-state index in [9.17, 15) is 52.7 Å². The van der Waals surface area contributed by atoms with Crippen molar-refractivity contribution >= 4 is 65.4 Å². The first-order valence-electron chi connectivity index (χ1n) is 20.4. The monoisotopic (exact) mass is 921 g/mol. The molecule has 0 aliphatic heterocycles. The smallest absolute Gasteiger partial charge is 0.355 e. The molecule has 11 aromatic rings. The largest absolute Gasteiger partial charge is 0.418 e. The second-order valence-electron chi connectivity index (χ2n) is 16.3. The van der Waals surface area contributed by atoms with E-state index in [0.29, 0.717) is 33.3 Å². The number of aromatic nitrogens is 3. The summed E-state index contributed by atoms with van der Waals surface area (Å²) in [6.07, 6.45) is -19.0. The molecule has 0 atom stereocenters. The van der Waals surface area contributed by atoms with E-state index < -0.39 is 47.0 Å². The van der Waals surface area contributed by atoms with Gasteiger partial charge in [-0.3, -0.25) is 0 Å². The Morgan fingerprint density at radius 1 is 0.299 bits per heavy atom. The van der Waals surface area contributed by atoms with Gasteiger partial charge in [0.1, 0.15) is 0 Å². The maximum Gasteiger partial charge on any atom is 0.418 e. The molecule has 67 heavy (non-hydrogen) atoms. The predicted octanol–water partition coefficient (Wildman–Crippen LogP) is 16.9. The van der Waals surface area contributed by atoms with E-state index in [1.54, 1.807) is 48.5 Å². The molecule has 0 amide bonds. The Bertz CT molecular complexity index is 3570. The third-order valence-corrected chi connectivity index (χ3v) is 12.4. The van der Waals surface area contributed by atoms with Crippen LogP contribution in [0.5, 0.6) is 0 Å². The van der Waals surface area contributed by atoms with E-state index in [1.807, 2.05) is 24.3 Å². The summed E-state index contributed by atoms with van der Waals surface area (Å²) in [7, 11) is 0. The van der Waals surface area contributed by atoms with Crippen LogP contribution in [0.2, 0.25) is 0 Å². The quantitative estimate of drug-likeness (QED) is 0.170. The standard InChI is InChI=1S/C52H27F12N3/c53-49(54,55)31-13-19-45-37(25-31)35-23-29(11-17-43(35)66(45)47-7-3-1-5-39(47)51(59,60)61)27-9-15-41-33(21-27)34-22-28(10-16-42(34)65-41)30-12-18-44-36(24-30)38-26-32(50(56,57)58)14-20-46(38)67(44)48-8-4-2-6-40(48)52(62,63)64/h1-26,65H. The van der Waals surface area contributed by atoms with Crippen LogP contribution < -0.4 is 0 Å². The summed E-state index contributed by atoms with van der Waals surface area (Å²) in [6, 6.07) is 36.4. The minimum absolute atomic E-state index is 0.0979. The summed E-state index contributed by atoms with van der Waals surface area (Å²) in [6.45, 7) is 0. The number of para-hydroxylation sites is 2. The Hall–Kier alpha value is -7.68. The molecule has 0 unspecified atom stereocenters. The van der Waals surface area contributed by atoms with Crippen LogP contribution in [0.25, 0.3) is 99.0 Å². The molecule has 3 heterocycles. The highest BCUT2D eigenvalue weighted by atomic mass is 19.4. The topological polar surface area (TPSA) is 25.6 Å². The third kappa shape index (κ3) is 6.85. The first-order valence-corrected chi connectivity index (χ1v) is 20.4. The highest BCUT2D eigenvalue weighted by Crippen LogP contribution is 2.45. The van der Waals surface area contributed by atoms with Crippen molar-refractivity contribution in [2.24, 2.45) is 0 Å². The number of nitrogens with zero attached hydrogens (tertiary/aromatic N) is 2. The van der Waals surface area contributed by atoms with Crippen LogP contribution in [0.1, 0.15) is 22.3 Å². The average Bonchev–Trinajstić information content (AvgIpc) is 3.93. The van der Waals surface area contributed by atoms with Crippen molar-refractivity contribution in [3.8, 4) is 33.6 Å². The maximum absolute atomic E-state index is 14.3. The van der Waals surface area contributed by atoms with Gasteiger partial charge in [0.05, 0.1) is 55.7 Å². The zero-order chi connectivity index (χ0) is 46.9. The molecule has 1 N–H and O–H groups in total. The van der Waals surface area contributed by atoms with Gasteiger partial charge in [-0.1, -0.05) is 48.5 Å². The zero-order valence-corrected chi connectivity index (χ0v) is 33.9. The molecule has 0 spiro atoms. The van der Waals surface area contributed by atoms with Crippen LogP contribution >= 0.6 is 0 Å². The van der Waals surface area contributed by atoms with Crippen LogP contribution in [0.15, 0.2) is 158 Å². The summed E-state index contributed by atoms with van der Waals surface area (Å²) in [5.74, 6) is 0. The Morgan fingerprint density at radius 3 is 0.970 bits per heavy atom. The van der Waals surface area contributed by atoms with E-state index in [2.05, 4.69) is 4.98 Å². The van der Waals surface area contributed by atoms with Gasteiger partial charge in [0.15, 0.2) is 0 Å². The van der Waals surface area contributed by atoms with Crippen molar-refractivity contribution in [3.05, 3.63) is 180 Å². The maximum atomic E-state index is 14.3. The van der Waals surface area contributed by atoms with Gasteiger partial charge in [-0.25, -0.2) is 0 Å². The summed E-state index contributed by atoms with van der Waals surface area (Å²) in [4.78, 5) is 3.36. The number of aromatic amines is 1. The highest BCUT2D eigenvalue weighted by Gasteiger charge is 2.37. The first-order chi connectivity index (χ1) is 31.7. The van der Waals surface area contributed by atoms with Crippen molar-refractivity contribution in [3.63, 3.8) is 0 Å². The lowest BCUT2D eigenvalue weighted by Crippen LogP contribution is -2.10. The van der Waals surface area contributed by atoms with Gasteiger partial charge in [-0.2, -0.15) is 52.7 Å². The van der Waals surface area contributed by atoms with Crippen LogP contribution in [-0.4, -0.2) is 14.1 Å². The summed E-state index contributed by atoms with van der Waals surface area (Å²) in [5.41, 5.74) is 0.281. The fourth-order valence-corrected chi connectivity index (χ4v) is 9.35. The van der Waals surface area contributed by atoms with Gasteiger partial charge >= 0.3 is 24.7 Å². The van der Waals surface area contributed by atoms with E-state index in [0.717, 1.165) is 47.2 Å². The SMILES string of the molecule is FC(F)(F)c1ccc2c(c1)c1cc(-c3ccc4[nH]c5ccc(-c6ccc7c(c6)c6cc(C(F)(F)F)ccc6n7-c6ccccc6C(F)(F)F)cc5c4c3)ccc1n2-c1ccccc1C(F)(F)F. The van der Waals surface area contributed by atoms with Crippen LogP contribution in [0.4, 0.5) is 52.7 Å². The summed E-state index contributed by atoms with van der Waals surface area (Å²) >= 11 is 0. The average molecular weight is 922 g/mol. The summed E-state index contributed by atoms with van der Waals surface area (Å²) in [5, 5.41) is 2.23. The predicted molar refractivity (Wildman–Crippen MR) is 235 cm³/mol. The molecule has 0 saturated heterocycles. The number of benzene rings is 8. The minimum Gasteiger partial charge on any atom is -0.355 e. The molecule has 334 valence electrons. The van der Waals surface area contributed by atoms with Gasteiger partial charge in [0.2, 0.25) is 0 Å². The number of hydrogen-bond donors (Lipinski definition) is 1. The number of H-pyrrole nitrogens is 1. The van der Waals surface area contributed by atoms with Crippen molar-refractivity contribution in [1.29, 1.82) is 0 Å². The number of alkyl halides is 12. The first kappa shape index (κ1) is 42.0. The van der Waals surface area contributed by atoms with E-state index >= 15 is 0 Å². The van der Waals surface area contributed by atoms with E-state index in [4.69, 9.17) is 0 Å². The molecule has 3 aromatic heterocycles. The van der Waals surface area contributed by atoms with Crippen LogP contribution in [0.3, 0.4) is 0 Å². The lowest BCUT2D eigenvalue weighted by atomic mass is 9.98. The zero-order valence-electron chi connectivity index (χ0n) is 33.9. The van der Waals surface area contributed by atoms with Gasteiger partial charge in [-0.15, -0.1) is 0 Å². The molecule has 0 aliphatic rings. The molecular weight excluding hydrogens is 895 g/mol. The van der Waals surface area contributed by atoms with Gasteiger partial charge in [0.25, 0.3) is 0 Å². The second kappa shape index (κ2) is 14.4. The second-order valence-corrected chi connectivity index (χ2v) is 16.3. The van der Waals surface area contributed by atoms with Crippen molar-refractivity contribution in [2.75, 3.05) is 0 Å². The molecule has 3 nitrogen and oxygen atoms in total. The summed E-state index contributed by atoms with van der Waals surface area (Å²) < 4.78 is 173. The Labute approximate surface area is 369 Å². The molecule has 0 fully saturated rings. The number of rotatable bonds is 4. The van der Waals surface area contributed by atoms with E-state index in [-0.39, 0.29) is 55.0 Å². The molecule has 0 radical (unpaired) electrons. The Morgan fingerprint density at radius 2 is 0.612 bits per heavy atom. The number of nitrogens with one attached hydrogen (secondary N) is 1. The number of hydrogen-bond acceptors (Lipinski definition) is 0. The highest BCUT2D eigenvalue weighted by molar-refractivity contribution is 6.14. The Kier molecular flexibility index (Phi) is 9.03.